The number of carbonyl (C=O) groups is 2. The Morgan fingerprint density at radius 2 is 1.79 bits per heavy atom. The van der Waals surface area contributed by atoms with Gasteiger partial charge in [-0.3, -0.25) is 9.59 Å². The van der Waals surface area contributed by atoms with Crippen LogP contribution in [0.5, 0.6) is 0 Å². The second kappa shape index (κ2) is 11.8. The minimum Gasteiger partial charge on any atom is -0.481 e. The van der Waals surface area contributed by atoms with Crippen LogP contribution in [0.4, 0.5) is 8.78 Å². The lowest BCUT2D eigenvalue weighted by atomic mass is 9.82. The molecule has 0 bridgehead atoms. The highest BCUT2D eigenvalue weighted by molar-refractivity contribution is 5.76. The van der Waals surface area contributed by atoms with E-state index in [0.717, 1.165) is 32.1 Å². The van der Waals surface area contributed by atoms with Crippen LogP contribution in [0.15, 0.2) is 0 Å². The number of carboxylic acid groups (broad SMARTS) is 1. The van der Waals surface area contributed by atoms with E-state index in [2.05, 4.69) is 0 Å². The number of ketones is 1. The Morgan fingerprint density at radius 1 is 1.14 bits per heavy atom. The van der Waals surface area contributed by atoms with Crippen molar-refractivity contribution in [2.75, 3.05) is 0 Å². The first kappa shape index (κ1) is 25.0. The van der Waals surface area contributed by atoms with Crippen molar-refractivity contribution in [2.24, 2.45) is 5.92 Å². The van der Waals surface area contributed by atoms with Crippen molar-refractivity contribution in [1.29, 1.82) is 0 Å². The molecule has 2 N–H and O–H groups in total. The summed E-state index contributed by atoms with van der Waals surface area (Å²) < 4.78 is 34.5. The van der Waals surface area contributed by atoms with Gasteiger partial charge in [-0.05, 0) is 38.5 Å². The molecule has 28 heavy (non-hydrogen) atoms. The van der Waals surface area contributed by atoms with Gasteiger partial charge in [0.15, 0.2) is 0 Å². The number of carboxylic acids is 1. The van der Waals surface area contributed by atoms with E-state index in [9.17, 15) is 23.5 Å². The summed E-state index contributed by atoms with van der Waals surface area (Å²) >= 11 is 0. The van der Waals surface area contributed by atoms with Crippen LogP contribution in [0.2, 0.25) is 0 Å². The predicted octanol–water partition coefficient (Wildman–Crippen LogP) is 5.09. The Hall–Kier alpha value is -1.08. The highest BCUT2D eigenvalue weighted by Gasteiger charge is 2.56. The molecule has 0 aromatic carbocycles. The van der Waals surface area contributed by atoms with Gasteiger partial charge in [-0.15, -0.1) is 0 Å². The van der Waals surface area contributed by atoms with E-state index in [0.29, 0.717) is 25.7 Å². The lowest BCUT2D eigenvalue weighted by molar-refractivity contribution is -0.358. The van der Waals surface area contributed by atoms with Crippen molar-refractivity contribution >= 4 is 11.8 Å². The molecule has 1 rings (SSSR count). The summed E-state index contributed by atoms with van der Waals surface area (Å²) in [7, 11) is 0. The Morgan fingerprint density at radius 3 is 2.39 bits per heavy atom. The summed E-state index contributed by atoms with van der Waals surface area (Å²) in [6, 6.07) is 0. The number of hydrogen-bond donors (Lipinski definition) is 2. The molecule has 164 valence electrons. The van der Waals surface area contributed by atoms with Crippen LogP contribution >= 0.6 is 0 Å². The fourth-order valence-corrected chi connectivity index (χ4v) is 3.87. The molecule has 0 amide bonds. The first-order chi connectivity index (χ1) is 13.1. The van der Waals surface area contributed by atoms with E-state index in [1.165, 1.54) is 6.92 Å². The number of Topliss-reactive ketones (excluding diaryl/α,β-unsaturated/α-hetero) is 1. The van der Waals surface area contributed by atoms with Gasteiger partial charge in [-0.1, -0.05) is 39.0 Å². The zero-order valence-corrected chi connectivity index (χ0v) is 17.2. The first-order valence-corrected chi connectivity index (χ1v) is 10.6. The minimum absolute atomic E-state index is 0.0230. The second-order valence-corrected chi connectivity index (χ2v) is 8.15. The lowest BCUT2D eigenvalue weighted by Gasteiger charge is -2.45. The number of hydrogen-bond acceptors (Lipinski definition) is 4. The highest BCUT2D eigenvalue weighted by atomic mass is 19.3. The first-order valence-electron chi connectivity index (χ1n) is 10.6. The summed E-state index contributed by atoms with van der Waals surface area (Å²) in [6.45, 7) is 3.23. The quantitative estimate of drug-likeness (QED) is 0.393. The molecule has 0 radical (unpaired) electrons. The Balaban J connectivity index is 2.55. The molecular formula is C21H36F2O5. The normalized spacial score (nSPS) is 25.6. The van der Waals surface area contributed by atoms with E-state index >= 15 is 0 Å². The maximum Gasteiger partial charge on any atom is 0.303 e. The van der Waals surface area contributed by atoms with Gasteiger partial charge >= 0.3 is 11.9 Å². The average molecular weight is 407 g/mol. The predicted molar refractivity (Wildman–Crippen MR) is 102 cm³/mol. The van der Waals surface area contributed by atoms with Crippen molar-refractivity contribution in [2.45, 2.75) is 115 Å². The van der Waals surface area contributed by atoms with Gasteiger partial charge in [0.05, 0.1) is 6.10 Å². The molecule has 0 saturated carbocycles. The Labute approximate surface area is 166 Å². The monoisotopic (exact) mass is 406 g/mol. The zero-order chi connectivity index (χ0) is 21.2. The van der Waals surface area contributed by atoms with Gasteiger partial charge in [-0.25, -0.2) is 8.78 Å². The standard InChI is InChI=1S/C21H36F2O5/c1-3-4-13-20(22,23)21(27)14-12-17(18(28-21)15-16(2)24)10-8-6-5-7-9-11-19(25)26/h17-18,27H,3-15H2,1-2H3,(H,25,26)/t17-,18+,21+/m0/s1. The number of aliphatic hydroxyl groups is 1. The SMILES string of the molecule is CCCCC(F)(F)[C@@]1(O)CC[C@H](CCCCCCCC(=O)O)[C@@H](CC(C)=O)O1. The number of carbonyl (C=O) groups excluding carboxylic acids is 1. The van der Waals surface area contributed by atoms with Crippen molar-refractivity contribution in [3.8, 4) is 0 Å². The molecule has 0 aromatic rings. The molecule has 1 aliphatic heterocycles. The number of alkyl halides is 2. The van der Waals surface area contributed by atoms with Gasteiger partial charge in [-0.2, -0.15) is 0 Å². The van der Waals surface area contributed by atoms with Gasteiger partial charge in [0.1, 0.15) is 5.78 Å². The van der Waals surface area contributed by atoms with E-state index in [4.69, 9.17) is 9.84 Å². The topological polar surface area (TPSA) is 83.8 Å². The Kier molecular flexibility index (Phi) is 10.5. The highest BCUT2D eigenvalue weighted by Crippen LogP contribution is 2.45. The second-order valence-electron chi connectivity index (χ2n) is 8.15. The number of ether oxygens (including phenoxy) is 1. The van der Waals surface area contributed by atoms with E-state index in [-0.39, 0.29) is 31.0 Å². The molecule has 1 saturated heterocycles. The van der Waals surface area contributed by atoms with Crippen LogP contribution in [-0.4, -0.2) is 39.8 Å². The van der Waals surface area contributed by atoms with Crippen molar-refractivity contribution in [1.82, 2.24) is 0 Å². The number of halogens is 2. The van der Waals surface area contributed by atoms with E-state index in [1.54, 1.807) is 0 Å². The van der Waals surface area contributed by atoms with Crippen LogP contribution in [0.25, 0.3) is 0 Å². The van der Waals surface area contributed by atoms with Crippen LogP contribution in [0.1, 0.15) is 97.3 Å². The largest absolute Gasteiger partial charge is 0.481 e. The summed E-state index contributed by atoms with van der Waals surface area (Å²) in [5.41, 5.74) is 0. The summed E-state index contributed by atoms with van der Waals surface area (Å²) in [5.74, 6) is -6.76. The third-order valence-electron chi connectivity index (χ3n) is 5.60. The molecule has 0 aliphatic carbocycles. The van der Waals surface area contributed by atoms with Gasteiger partial charge in [0, 0.05) is 25.7 Å². The molecule has 1 aliphatic rings. The van der Waals surface area contributed by atoms with Crippen molar-refractivity contribution in [3.63, 3.8) is 0 Å². The fraction of sp³-hybridized carbons (Fsp3) is 0.905. The van der Waals surface area contributed by atoms with Gasteiger partial charge in [0.25, 0.3) is 0 Å². The van der Waals surface area contributed by atoms with Crippen LogP contribution in [-0.2, 0) is 14.3 Å². The zero-order valence-electron chi connectivity index (χ0n) is 17.2. The average Bonchev–Trinajstić information content (AvgIpc) is 2.60. The van der Waals surface area contributed by atoms with Crippen molar-refractivity contribution in [3.05, 3.63) is 0 Å². The fourth-order valence-electron chi connectivity index (χ4n) is 3.87. The van der Waals surface area contributed by atoms with E-state index < -0.39 is 30.2 Å². The summed E-state index contributed by atoms with van der Waals surface area (Å²) in [5, 5.41) is 19.1. The van der Waals surface area contributed by atoms with E-state index in [1.807, 2.05) is 6.92 Å². The maximum atomic E-state index is 14.5. The molecule has 1 fully saturated rings. The number of unbranched alkanes of at least 4 members (excludes halogenated alkanes) is 5. The molecule has 0 unspecified atom stereocenters. The third-order valence-corrected chi connectivity index (χ3v) is 5.60. The third kappa shape index (κ3) is 8.11. The van der Waals surface area contributed by atoms with Crippen LogP contribution in [0.3, 0.4) is 0 Å². The molecule has 3 atom stereocenters. The number of aliphatic carboxylic acids is 1. The lowest BCUT2D eigenvalue weighted by Crippen LogP contribution is -2.56. The van der Waals surface area contributed by atoms with Gasteiger partial charge in [0.2, 0.25) is 5.79 Å². The molecule has 1 heterocycles. The van der Waals surface area contributed by atoms with Crippen LogP contribution in [0, 0.1) is 5.92 Å². The summed E-state index contributed by atoms with van der Waals surface area (Å²) in [4.78, 5) is 22.1. The Bertz CT molecular complexity index is 497. The molecule has 5 nitrogen and oxygen atoms in total. The molecule has 0 aromatic heterocycles. The maximum absolute atomic E-state index is 14.5. The molecule has 7 heteroatoms. The van der Waals surface area contributed by atoms with Crippen molar-refractivity contribution < 1.29 is 33.3 Å². The number of rotatable bonds is 14. The minimum atomic E-state index is -3.33. The molecule has 0 spiro atoms. The van der Waals surface area contributed by atoms with Gasteiger partial charge < -0.3 is 14.9 Å². The smallest absolute Gasteiger partial charge is 0.303 e. The van der Waals surface area contributed by atoms with Crippen LogP contribution < -0.4 is 0 Å². The molecular weight excluding hydrogens is 370 g/mol. The summed E-state index contributed by atoms with van der Waals surface area (Å²) in [6.07, 6.45) is 5.32.